The number of nitrogens with one attached hydrogen (secondary N) is 1. The molecule has 0 aromatic heterocycles. The number of ether oxygens (including phenoxy) is 1. The van der Waals surface area contributed by atoms with Crippen LogP contribution in [0.4, 0.5) is 0 Å². The fraction of sp³-hybridized carbons (Fsp3) is 1.00. The Bertz CT molecular complexity index is 218. The van der Waals surface area contributed by atoms with Crippen LogP contribution in [0.5, 0.6) is 0 Å². The monoisotopic (exact) mass is 242 g/mol. The molecule has 1 aliphatic rings. The zero-order valence-electron chi connectivity index (χ0n) is 12.3. The third-order valence-electron chi connectivity index (χ3n) is 3.92. The Morgan fingerprint density at radius 3 is 2.71 bits per heavy atom. The average molecular weight is 242 g/mol. The highest BCUT2D eigenvalue weighted by Gasteiger charge is 2.23. The summed E-state index contributed by atoms with van der Waals surface area (Å²) >= 11 is 0. The van der Waals surface area contributed by atoms with Crippen LogP contribution in [0, 0.1) is 5.92 Å². The van der Waals surface area contributed by atoms with Crippen molar-refractivity contribution in [1.82, 2.24) is 10.2 Å². The number of methoxy groups -OCH3 is 1. The summed E-state index contributed by atoms with van der Waals surface area (Å²) in [5.41, 5.74) is -0.0163. The summed E-state index contributed by atoms with van der Waals surface area (Å²) in [4.78, 5) is 2.54. The fourth-order valence-corrected chi connectivity index (χ4v) is 2.63. The van der Waals surface area contributed by atoms with Crippen LogP contribution in [-0.4, -0.2) is 49.8 Å². The van der Waals surface area contributed by atoms with Crippen LogP contribution in [0.1, 0.15) is 40.5 Å². The summed E-state index contributed by atoms with van der Waals surface area (Å²) < 4.78 is 5.47. The van der Waals surface area contributed by atoms with Crippen molar-refractivity contribution in [2.75, 3.05) is 33.3 Å². The highest BCUT2D eigenvalue weighted by molar-refractivity contribution is 4.80. The minimum absolute atomic E-state index is 0.0163. The van der Waals surface area contributed by atoms with Gasteiger partial charge in [0.2, 0.25) is 0 Å². The van der Waals surface area contributed by atoms with Crippen LogP contribution < -0.4 is 5.32 Å². The van der Waals surface area contributed by atoms with Crippen LogP contribution >= 0.6 is 0 Å². The van der Waals surface area contributed by atoms with Gasteiger partial charge in [0.05, 0.1) is 5.60 Å². The molecule has 1 saturated heterocycles. The summed E-state index contributed by atoms with van der Waals surface area (Å²) in [5, 5.41) is 3.65. The van der Waals surface area contributed by atoms with Crippen molar-refractivity contribution in [3.8, 4) is 0 Å². The Morgan fingerprint density at radius 2 is 2.18 bits per heavy atom. The first-order valence-corrected chi connectivity index (χ1v) is 6.97. The van der Waals surface area contributed by atoms with Crippen LogP contribution in [-0.2, 0) is 4.74 Å². The van der Waals surface area contributed by atoms with E-state index >= 15 is 0 Å². The second kappa shape index (κ2) is 6.72. The molecule has 0 amide bonds. The molecule has 2 atom stereocenters. The number of rotatable bonds is 7. The predicted molar refractivity (Wildman–Crippen MR) is 73.4 cm³/mol. The highest BCUT2D eigenvalue weighted by Crippen LogP contribution is 2.17. The average Bonchev–Trinajstić information content (AvgIpc) is 2.74. The summed E-state index contributed by atoms with van der Waals surface area (Å²) in [6.07, 6.45) is 2.41. The molecule has 102 valence electrons. The van der Waals surface area contributed by atoms with Gasteiger partial charge in [-0.25, -0.2) is 0 Å². The van der Waals surface area contributed by atoms with Gasteiger partial charge in [0.15, 0.2) is 0 Å². The van der Waals surface area contributed by atoms with Gasteiger partial charge < -0.3 is 15.0 Å². The highest BCUT2D eigenvalue weighted by atomic mass is 16.5. The van der Waals surface area contributed by atoms with Crippen LogP contribution in [0.15, 0.2) is 0 Å². The normalized spacial score (nSPS) is 24.2. The van der Waals surface area contributed by atoms with E-state index in [4.69, 9.17) is 4.74 Å². The molecule has 1 heterocycles. The van der Waals surface area contributed by atoms with Crippen molar-refractivity contribution in [2.24, 2.45) is 5.92 Å². The van der Waals surface area contributed by atoms with Gasteiger partial charge in [-0.1, -0.05) is 6.92 Å². The predicted octanol–water partition coefficient (Wildman–Crippen LogP) is 2.12. The molecule has 0 bridgehead atoms. The number of likely N-dealkylation sites (tertiary alicyclic amines) is 1. The van der Waals surface area contributed by atoms with Crippen LogP contribution in [0.2, 0.25) is 0 Å². The first-order valence-electron chi connectivity index (χ1n) is 6.97. The van der Waals surface area contributed by atoms with Gasteiger partial charge in [0.25, 0.3) is 0 Å². The van der Waals surface area contributed by atoms with E-state index in [1.54, 1.807) is 7.11 Å². The molecule has 3 nitrogen and oxygen atoms in total. The minimum Gasteiger partial charge on any atom is -0.379 e. The standard InChI is InChI=1S/C14H30N2O/c1-6-16-8-7-13(11-16)10-15-12(2)9-14(3,4)17-5/h12-13,15H,6-11H2,1-5H3. The van der Waals surface area contributed by atoms with Gasteiger partial charge in [-0.05, 0) is 59.2 Å². The summed E-state index contributed by atoms with van der Waals surface area (Å²) in [5.74, 6) is 0.836. The molecular weight excluding hydrogens is 212 g/mol. The molecule has 0 aliphatic carbocycles. The molecule has 0 spiro atoms. The molecule has 1 fully saturated rings. The smallest absolute Gasteiger partial charge is 0.0637 e. The molecule has 0 radical (unpaired) electrons. The van der Waals surface area contributed by atoms with Crippen molar-refractivity contribution >= 4 is 0 Å². The maximum Gasteiger partial charge on any atom is 0.0637 e. The van der Waals surface area contributed by atoms with E-state index in [2.05, 4.69) is 37.9 Å². The van der Waals surface area contributed by atoms with E-state index in [0.29, 0.717) is 6.04 Å². The largest absolute Gasteiger partial charge is 0.379 e. The number of hydrogen-bond acceptors (Lipinski definition) is 3. The second-order valence-electron chi connectivity index (χ2n) is 6.03. The van der Waals surface area contributed by atoms with E-state index in [9.17, 15) is 0 Å². The number of hydrogen-bond donors (Lipinski definition) is 1. The van der Waals surface area contributed by atoms with Gasteiger partial charge >= 0.3 is 0 Å². The van der Waals surface area contributed by atoms with E-state index in [1.165, 1.54) is 26.1 Å². The SMILES string of the molecule is CCN1CCC(CNC(C)CC(C)(C)OC)C1. The second-order valence-corrected chi connectivity index (χ2v) is 6.03. The molecular formula is C14H30N2O. The molecule has 1 rings (SSSR count). The zero-order valence-corrected chi connectivity index (χ0v) is 12.3. The first kappa shape index (κ1) is 14.9. The third kappa shape index (κ3) is 5.36. The quantitative estimate of drug-likeness (QED) is 0.740. The van der Waals surface area contributed by atoms with Crippen LogP contribution in [0.25, 0.3) is 0 Å². The third-order valence-corrected chi connectivity index (χ3v) is 3.92. The Labute approximate surface area is 107 Å². The summed E-state index contributed by atoms with van der Waals surface area (Å²) in [6, 6.07) is 0.528. The van der Waals surface area contributed by atoms with Gasteiger partial charge in [-0.15, -0.1) is 0 Å². The van der Waals surface area contributed by atoms with Crippen molar-refractivity contribution in [2.45, 2.75) is 52.2 Å². The lowest BCUT2D eigenvalue weighted by Gasteiger charge is -2.27. The van der Waals surface area contributed by atoms with Crippen molar-refractivity contribution < 1.29 is 4.74 Å². The molecule has 17 heavy (non-hydrogen) atoms. The van der Waals surface area contributed by atoms with E-state index in [1.807, 2.05) is 0 Å². The van der Waals surface area contributed by atoms with Gasteiger partial charge in [-0.2, -0.15) is 0 Å². The summed E-state index contributed by atoms with van der Waals surface area (Å²) in [6.45, 7) is 13.7. The lowest BCUT2D eigenvalue weighted by Crippen LogP contribution is -2.38. The van der Waals surface area contributed by atoms with Gasteiger partial charge in [0, 0.05) is 19.7 Å². The molecule has 3 heteroatoms. The Hall–Kier alpha value is -0.120. The van der Waals surface area contributed by atoms with E-state index < -0.39 is 0 Å². The Morgan fingerprint density at radius 1 is 1.47 bits per heavy atom. The summed E-state index contributed by atoms with van der Waals surface area (Å²) in [7, 11) is 1.79. The topological polar surface area (TPSA) is 24.5 Å². The van der Waals surface area contributed by atoms with Gasteiger partial charge in [-0.3, -0.25) is 0 Å². The maximum atomic E-state index is 5.47. The van der Waals surface area contributed by atoms with Crippen molar-refractivity contribution in [3.63, 3.8) is 0 Å². The van der Waals surface area contributed by atoms with E-state index in [-0.39, 0.29) is 5.60 Å². The molecule has 0 aromatic carbocycles. The zero-order chi connectivity index (χ0) is 12.9. The maximum absolute atomic E-state index is 5.47. The molecule has 0 aromatic rings. The molecule has 1 aliphatic heterocycles. The lowest BCUT2D eigenvalue weighted by molar-refractivity contribution is 0.00834. The fourth-order valence-electron chi connectivity index (χ4n) is 2.63. The molecule has 0 saturated carbocycles. The lowest BCUT2D eigenvalue weighted by atomic mass is 9.99. The van der Waals surface area contributed by atoms with Crippen LogP contribution in [0.3, 0.4) is 0 Å². The molecule has 2 unspecified atom stereocenters. The van der Waals surface area contributed by atoms with Gasteiger partial charge in [0.1, 0.15) is 0 Å². The number of nitrogens with zero attached hydrogens (tertiary/aromatic N) is 1. The van der Waals surface area contributed by atoms with Crippen molar-refractivity contribution in [1.29, 1.82) is 0 Å². The Balaban J connectivity index is 2.18. The Kier molecular flexibility index (Phi) is 5.90. The van der Waals surface area contributed by atoms with Crippen molar-refractivity contribution in [3.05, 3.63) is 0 Å². The first-order chi connectivity index (χ1) is 7.96. The van der Waals surface area contributed by atoms with E-state index in [0.717, 1.165) is 18.9 Å². The minimum atomic E-state index is -0.0163. The molecule has 1 N–H and O–H groups in total.